The Morgan fingerprint density at radius 3 is 2.65 bits per heavy atom. The molecule has 1 aliphatic rings. The quantitative estimate of drug-likeness (QED) is 0.849. The van der Waals surface area contributed by atoms with Crippen LogP contribution in [0.15, 0.2) is 46.9 Å². The van der Waals surface area contributed by atoms with E-state index in [9.17, 15) is 0 Å². The van der Waals surface area contributed by atoms with E-state index in [1.165, 1.54) is 18.4 Å². The molecule has 0 aromatic heterocycles. The second kappa shape index (κ2) is 5.98. The van der Waals surface area contributed by atoms with Crippen molar-refractivity contribution in [3.8, 4) is 11.5 Å². The maximum absolute atomic E-state index is 5.97. The topological polar surface area (TPSA) is 21.3 Å². The first kappa shape index (κ1) is 13.7. The van der Waals surface area contributed by atoms with E-state index >= 15 is 0 Å². The molecule has 1 N–H and O–H groups in total. The number of hydrogen-bond acceptors (Lipinski definition) is 2. The SMILES string of the molecule is Cc1ccccc1Oc1ccc(CNC2CC2)cc1Br. The van der Waals surface area contributed by atoms with Crippen LogP contribution in [0.4, 0.5) is 0 Å². The van der Waals surface area contributed by atoms with Crippen molar-refractivity contribution in [2.75, 3.05) is 0 Å². The third kappa shape index (κ3) is 3.41. The molecule has 3 rings (SSSR count). The van der Waals surface area contributed by atoms with Crippen LogP contribution in [0.5, 0.6) is 11.5 Å². The van der Waals surface area contributed by atoms with Gasteiger partial charge < -0.3 is 10.1 Å². The Labute approximate surface area is 128 Å². The fourth-order valence-corrected chi connectivity index (χ4v) is 2.58. The molecular weight excluding hydrogens is 314 g/mol. The van der Waals surface area contributed by atoms with E-state index in [-0.39, 0.29) is 0 Å². The third-order valence-electron chi connectivity index (χ3n) is 3.48. The van der Waals surface area contributed by atoms with Crippen molar-refractivity contribution in [3.05, 3.63) is 58.1 Å². The molecule has 1 fully saturated rings. The highest BCUT2D eigenvalue weighted by Gasteiger charge is 2.20. The average Bonchev–Trinajstić information content (AvgIpc) is 3.26. The maximum atomic E-state index is 5.97. The van der Waals surface area contributed by atoms with E-state index < -0.39 is 0 Å². The van der Waals surface area contributed by atoms with Gasteiger partial charge in [0.05, 0.1) is 4.47 Å². The Morgan fingerprint density at radius 1 is 1.15 bits per heavy atom. The molecule has 0 amide bonds. The zero-order valence-electron chi connectivity index (χ0n) is 11.5. The van der Waals surface area contributed by atoms with E-state index in [2.05, 4.69) is 46.4 Å². The number of benzene rings is 2. The van der Waals surface area contributed by atoms with Crippen LogP contribution in [0.3, 0.4) is 0 Å². The van der Waals surface area contributed by atoms with Gasteiger partial charge in [-0.2, -0.15) is 0 Å². The zero-order valence-corrected chi connectivity index (χ0v) is 13.1. The Balaban J connectivity index is 1.71. The summed E-state index contributed by atoms with van der Waals surface area (Å²) in [5.41, 5.74) is 2.42. The van der Waals surface area contributed by atoms with Crippen LogP contribution in [0.1, 0.15) is 24.0 Å². The minimum Gasteiger partial charge on any atom is -0.456 e. The van der Waals surface area contributed by atoms with Gasteiger partial charge in [-0.05, 0) is 65.0 Å². The number of nitrogens with one attached hydrogen (secondary N) is 1. The molecule has 2 nitrogen and oxygen atoms in total. The fraction of sp³-hybridized carbons (Fsp3) is 0.294. The number of halogens is 1. The summed E-state index contributed by atoms with van der Waals surface area (Å²) in [6.45, 7) is 2.98. The number of ether oxygens (including phenoxy) is 1. The Bertz CT molecular complexity index is 608. The molecule has 0 atom stereocenters. The van der Waals surface area contributed by atoms with Crippen molar-refractivity contribution in [1.82, 2.24) is 5.32 Å². The first-order valence-corrected chi connectivity index (χ1v) is 7.77. The van der Waals surface area contributed by atoms with Gasteiger partial charge in [0.25, 0.3) is 0 Å². The monoisotopic (exact) mass is 331 g/mol. The van der Waals surface area contributed by atoms with Gasteiger partial charge in [0, 0.05) is 12.6 Å². The van der Waals surface area contributed by atoms with Crippen LogP contribution in [-0.2, 0) is 6.54 Å². The van der Waals surface area contributed by atoms with Crippen molar-refractivity contribution >= 4 is 15.9 Å². The molecule has 0 bridgehead atoms. The van der Waals surface area contributed by atoms with Gasteiger partial charge in [-0.1, -0.05) is 24.3 Å². The highest BCUT2D eigenvalue weighted by molar-refractivity contribution is 9.10. The van der Waals surface area contributed by atoms with E-state index in [4.69, 9.17) is 4.74 Å². The highest BCUT2D eigenvalue weighted by atomic mass is 79.9. The maximum Gasteiger partial charge on any atom is 0.141 e. The second-order valence-electron chi connectivity index (χ2n) is 5.29. The molecule has 1 saturated carbocycles. The van der Waals surface area contributed by atoms with Crippen molar-refractivity contribution < 1.29 is 4.74 Å². The lowest BCUT2D eigenvalue weighted by molar-refractivity contribution is 0.475. The molecule has 3 heteroatoms. The first-order chi connectivity index (χ1) is 9.72. The molecule has 0 spiro atoms. The average molecular weight is 332 g/mol. The minimum absolute atomic E-state index is 0.733. The molecule has 1 aliphatic carbocycles. The van der Waals surface area contributed by atoms with E-state index in [1.54, 1.807) is 0 Å². The van der Waals surface area contributed by atoms with Gasteiger partial charge in [0.15, 0.2) is 0 Å². The van der Waals surface area contributed by atoms with E-state index in [0.717, 1.165) is 34.1 Å². The molecular formula is C17H18BrNO. The molecule has 0 heterocycles. The van der Waals surface area contributed by atoms with Crippen LogP contribution in [0.25, 0.3) is 0 Å². The van der Waals surface area contributed by atoms with Crippen LogP contribution in [0, 0.1) is 6.92 Å². The second-order valence-corrected chi connectivity index (χ2v) is 6.14. The molecule has 20 heavy (non-hydrogen) atoms. The van der Waals surface area contributed by atoms with E-state index in [0.29, 0.717) is 0 Å². The van der Waals surface area contributed by atoms with Crippen molar-refractivity contribution in [1.29, 1.82) is 0 Å². The van der Waals surface area contributed by atoms with Crippen LogP contribution in [0.2, 0.25) is 0 Å². The molecule has 2 aromatic carbocycles. The molecule has 104 valence electrons. The smallest absolute Gasteiger partial charge is 0.141 e. The van der Waals surface area contributed by atoms with Gasteiger partial charge in [0.2, 0.25) is 0 Å². The molecule has 0 radical (unpaired) electrons. The van der Waals surface area contributed by atoms with Gasteiger partial charge in [0.1, 0.15) is 11.5 Å². The summed E-state index contributed by atoms with van der Waals surface area (Å²) < 4.78 is 6.96. The molecule has 0 unspecified atom stereocenters. The number of aryl methyl sites for hydroxylation is 1. The number of rotatable bonds is 5. The largest absolute Gasteiger partial charge is 0.456 e. The first-order valence-electron chi connectivity index (χ1n) is 6.97. The Morgan fingerprint density at radius 2 is 1.95 bits per heavy atom. The van der Waals surface area contributed by atoms with Crippen LogP contribution in [-0.4, -0.2) is 6.04 Å². The Hall–Kier alpha value is -1.32. The highest BCUT2D eigenvalue weighted by Crippen LogP contribution is 2.32. The van der Waals surface area contributed by atoms with Crippen molar-refractivity contribution in [2.45, 2.75) is 32.4 Å². The zero-order chi connectivity index (χ0) is 13.9. The minimum atomic E-state index is 0.733. The summed E-state index contributed by atoms with van der Waals surface area (Å²) in [4.78, 5) is 0. The number of para-hydroxylation sites is 1. The lowest BCUT2D eigenvalue weighted by Gasteiger charge is -2.11. The predicted octanol–water partition coefficient (Wildman–Crippen LogP) is 4.80. The predicted molar refractivity (Wildman–Crippen MR) is 85.3 cm³/mol. The summed E-state index contributed by atoms with van der Waals surface area (Å²) in [6, 6.07) is 15.1. The standard InChI is InChI=1S/C17H18BrNO/c1-12-4-2-3-5-16(12)20-17-9-6-13(10-15(17)18)11-19-14-7-8-14/h2-6,9-10,14,19H,7-8,11H2,1H3. The fourth-order valence-electron chi connectivity index (χ4n) is 2.08. The Kier molecular flexibility index (Phi) is 4.08. The van der Waals surface area contributed by atoms with Gasteiger partial charge in [-0.15, -0.1) is 0 Å². The molecule has 0 aliphatic heterocycles. The number of hydrogen-bond donors (Lipinski definition) is 1. The summed E-state index contributed by atoms with van der Waals surface area (Å²) in [5, 5.41) is 3.52. The van der Waals surface area contributed by atoms with Gasteiger partial charge in [-0.3, -0.25) is 0 Å². The van der Waals surface area contributed by atoms with E-state index in [1.807, 2.05) is 24.3 Å². The molecule has 2 aromatic rings. The van der Waals surface area contributed by atoms with Crippen LogP contribution >= 0.6 is 15.9 Å². The van der Waals surface area contributed by atoms with Crippen molar-refractivity contribution in [3.63, 3.8) is 0 Å². The summed E-state index contributed by atoms with van der Waals surface area (Å²) in [5.74, 6) is 1.76. The van der Waals surface area contributed by atoms with Crippen LogP contribution < -0.4 is 10.1 Å². The third-order valence-corrected chi connectivity index (χ3v) is 4.10. The van der Waals surface area contributed by atoms with Gasteiger partial charge in [-0.25, -0.2) is 0 Å². The van der Waals surface area contributed by atoms with Crippen molar-refractivity contribution in [2.24, 2.45) is 0 Å². The lowest BCUT2D eigenvalue weighted by Crippen LogP contribution is -2.15. The summed E-state index contributed by atoms with van der Waals surface area (Å²) >= 11 is 3.60. The van der Waals surface area contributed by atoms with Gasteiger partial charge >= 0.3 is 0 Å². The molecule has 0 saturated heterocycles. The normalized spacial score (nSPS) is 14.3. The summed E-state index contributed by atoms with van der Waals surface area (Å²) in [6.07, 6.45) is 2.63. The lowest BCUT2D eigenvalue weighted by atomic mass is 10.2. The summed E-state index contributed by atoms with van der Waals surface area (Å²) in [7, 11) is 0.